The SMILES string of the molecule is COC(=O)C12CC1CN(C(=O)Nc1cccc(Cn3ccnc3)c1)C2. The lowest BCUT2D eigenvalue weighted by Crippen LogP contribution is -2.37. The van der Waals surface area contributed by atoms with Crippen molar-refractivity contribution >= 4 is 17.7 Å². The summed E-state index contributed by atoms with van der Waals surface area (Å²) in [4.78, 5) is 30.2. The van der Waals surface area contributed by atoms with Gasteiger partial charge in [-0.2, -0.15) is 0 Å². The maximum absolute atomic E-state index is 12.5. The van der Waals surface area contributed by atoms with Crippen LogP contribution in [0.2, 0.25) is 0 Å². The Labute approximate surface area is 145 Å². The standard InChI is InChI=1S/C18H20N4O3/c1-25-16(23)18-8-14(18)10-22(11-18)17(24)20-15-4-2-3-13(7-15)9-21-6-5-19-12-21/h2-7,12,14H,8-11H2,1H3,(H,20,24). The molecule has 0 spiro atoms. The van der Waals surface area contributed by atoms with Crippen LogP contribution in [0.5, 0.6) is 0 Å². The molecule has 25 heavy (non-hydrogen) atoms. The van der Waals surface area contributed by atoms with Crippen LogP contribution >= 0.6 is 0 Å². The van der Waals surface area contributed by atoms with E-state index in [2.05, 4.69) is 10.3 Å². The third-order valence-corrected chi connectivity index (χ3v) is 5.13. The Hall–Kier alpha value is -2.83. The maximum Gasteiger partial charge on any atom is 0.321 e. The van der Waals surface area contributed by atoms with E-state index in [0.29, 0.717) is 19.6 Å². The smallest absolute Gasteiger partial charge is 0.321 e. The highest BCUT2D eigenvalue weighted by Crippen LogP contribution is 2.58. The molecule has 4 rings (SSSR count). The molecule has 130 valence electrons. The van der Waals surface area contributed by atoms with Gasteiger partial charge >= 0.3 is 12.0 Å². The van der Waals surface area contributed by atoms with E-state index in [9.17, 15) is 9.59 Å². The molecule has 2 amide bonds. The predicted molar refractivity (Wildman–Crippen MR) is 90.9 cm³/mol. The number of benzene rings is 1. The summed E-state index contributed by atoms with van der Waals surface area (Å²) in [5.41, 5.74) is 1.36. The minimum absolute atomic E-state index is 0.171. The van der Waals surface area contributed by atoms with Crippen LogP contribution in [-0.2, 0) is 16.1 Å². The quantitative estimate of drug-likeness (QED) is 0.863. The van der Waals surface area contributed by atoms with Crippen molar-refractivity contribution in [2.24, 2.45) is 11.3 Å². The van der Waals surface area contributed by atoms with Gasteiger partial charge < -0.3 is 19.5 Å². The maximum atomic E-state index is 12.5. The first-order valence-corrected chi connectivity index (χ1v) is 8.30. The number of likely N-dealkylation sites (tertiary alicyclic amines) is 1. The number of carbonyl (C=O) groups excluding carboxylic acids is 2. The molecule has 1 aliphatic heterocycles. The van der Waals surface area contributed by atoms with Crippen LogP contribution in [0.15, 0.2) is 43.0 Å². The predicted octanol–water partition coefficient (Wildman–Crippen LogP) is 1.96. The highest BCUT2D eigenvalue weighted by molar-refractivity contribution is 5.91. The summed E-state index contributed by atoms with van der Waals surface area (Å²) >= 11 is 0. The van der Waals surface area contributed by atoms with Crippen LogP contribution in [0, 0.1) is 11.3 Å². The number of esters is 1. The van der Waals surface area contributed by atoms with Gasteiger partial charge in [-0.3, -0.25) is 4.79 Å². The number of rotatable bonds is 4. The van der Waals surface area contributed by atoms with E-state index in [1.54, 1.807) is 17.4 Å². The largest absolute Gasteiger partial charge is 0.469 e. The fraction of sp³-hybridized carbons (Fsp3) is 0.389. The molecule has 2 heterocycles. The van der Waals surface area contributed by atoms with Gasteiger partial charge in [-0.15, -0.1) is 0 Å². The minimum Gasteiger partial charge on any atom is -0.469 e. The lowest BCUT2D eigenvalue weighted by Gasteiger charge is -2.20. The average Bonchev–Trinajstić information content (AvgIpc) is 2.98. The summed E-state index contributed by atoms with van der Waals surface area (Å²) in [5.74, 6) is 0.0356. The lowest BCUT2D eigenvalue weighted by molar-refractivity contribution is -0.147. The van der Waals surface area contributed by atoms with E-state index >= 15 is 0 Å². The van der Waals surface area contributed by atoms with Crippen molar-refractivity contribution in [3.8, 4) is 0 Å². The number of fused-ring (bicyclic) bond motifs is 1. The van der Waals surface area contributed by atoms with Crippen molar-refractivity contribution in [3.05, 3.63) is 48.5 Å². The normalized spacial score (nSPS) is 23.9. The number of anilines is 1. The zero-order valence-corrected chi connectivity index (χ0v) is 14.0. The fourth-order valence-corrected chi connectivity index (χ4v) is 3.70. The molecule has 2 fully saturated rings. The molecule has 7 heteroatoms. The van der Waals surface area contributed by atoms with Crippen molar-refractivity contribution < 1.29 is 14.3 Å². The first-order chi connectivity index (χ1) is 12.1. The average molecular weight is 340 g/mol. The van der Waals surface area contributed by atoms with E-state index in [4.69, 9.17) is 4.74 Å². The third kappa shape index (κ3) is 2.86. The Balaban J connectivity index is 1.39. The van der Waals surface area contributed by atoms with Crippen LogP contribution in [0.25, 0.3) is 0 Å². The first kappa shape index (κ1) is 15.7. The number of imidazole rings is 1. The van der Waals surface area contributed by atoms with Gasteiger partial charge in [-0.1, -0.05) is 12.1 Å². The summed E-state index contributed by atoms with van der Waals surface area (Å²) < 4.78 is 6.85. The summed E-state index contributed by atoms with van der Waals surface area (Å²) in [5, 5.41) is 2.93. The Morgan fingerprint density at radius 2 is 2.32 bits per heavy atom. The van der Waals surface area contributed by atoms with E-state index in [0.717, 1.165) is 17.7 Å². The van der Waals surface area contributed by atoms with Crippen LogP contribution in [0.4, 0.5) is 10.5 Å². The number of methoxy groups -OCH3 is 1. The molecule has 0 radical (unpaired) electrons. The number of ether oxygens (including phenoxy) is 1. The third-order valence-electron chi connectivity index (χ3n) is 5.13. The number of nitrogens with one attached hydrogen (secondary N) is 1. The molecule has 1 aromatic carbocycles. The van der Waals surface area contributed by atoms with Gasteiger partial charge in [0.25, 0.3) is 0 Å². The van der Waals surface area contributed by atoms with Crippen LogP contribution in [-0.4, -0.2) is 46.7 Å². The number of urea groups is 1. The summed E-state index contributed by atoms with van der Waals surface area (Å²) in [6, 6.07) is 7.56. The lowest BCUT2D eigenvalue weighted by atomic mass is 10.1. The topological polar surface area (TPSA) is 76.5 Å². The number of piperidine rings is 1. The van der Waals surface area contributed by atoms with Crippen LogP contribution in [0.3, 0.4) is 0 Å². The van der Waals surface area contributed by atoms with Crippen molar-refractivity contribution in [3.63, 3.8) is 0 Å². The molecule has 1 saturated carbocycles. The van der Waals surface area contributed by atoms with Crippen molar-refractivity contribution in [2.75, 3.05) is 25.5 Å². The molecule has 7 nitrogen and oxygen atoms in total. The monoisotopic (exact) mass is 340 g/mol. The summed E-state index contributed by atoms with van der Waals surface area (Å²) in [6.07, 6.45) is 6.22. The molecular formula is C18H20N4O3. The van der Waals surface area contributed by atoms with Gasteiger partial charge in [0, 0.05) is 37.7 Å². The Bertz CT molecular complexity index is 804. The molecule has 1 saturated heterocycles. The number of nitrogens with zero attached hydrogens (tertiary/aromatic N) is 3. The number of amides is 2. The van der Waals surface area contributed by atoms with Gasteiger partial charge in [0.05, 0.1) is 18.9 Å². The van der Waals surface area contributed by atoms with Gasteiger partial charge in [-0.25, -0.2) is 9.78 Å². The molecule has 2 atom stereocenters. The summed E-state index contributed by atoms with van der Waals surface area (Å²) in [7, 11) is 1.40. The molecule has 0 bridgehead atoms. The van der Waals surface area contributed by atoms with E-state index in [1.807, 2.05) is 35.0 Å². The Kier molecular flexibility index (Phi) is 3.71. The summed E-state index contributed by atoms with van der Waals surface area (Å²) in [6.45, 7) is 1.74. The minimum atomic E-state index is -0.463. The van der Waals surface area contributed by atoms with Gasteiger partial charge in [0.2, 0.25) is 0 Å². The first-order valence-electron chi connectivity index (χ1n) is 8.30. The molecule has 1 aromatic heterocycles. The van der Waals surface area contributed by atoms with Crippen LogP contribution in [0.1, 0.15) is 12.0 Å². The fourth-order valence-electron chi connectivity index (χ4n) is 3.70. The number of hydrogen-bond donors (Lipinski definition) is 1. The van der Waals surface area contributed by atoms with E-state index < -0.39 is 5.41 Å². The second kappa shape index (κ2) is 5.91. The highest BCUT2D eigenvalue weighted by atomic mass is 16.5. The molecule has 2 aromatic rings. The zero-order valence-electron chi connectivity index (χ0n) is 14.0. The second-order valence-corrected chi connectivity index (χ2v) is 6.79. The zero-order chi connectivity index (χ0) is 17.4. The second-order valence-electron chi connectivity index (χ2n) is 6.79. The number of carbonyl (C=O) groups is 2. The van der Waals surface area contributed by atoms with Crippen molar-refractivity contribution in [2.45, 2.75) is 13.0 Å². The van der Waals surface area contributed by atoms with Crippen molar-refractivity contribution in [1.29, 1.82) is 0 Å². The van der Waals surface area contributed by atoms with Gasteiger partial charge in [0.1, 0.15) is 0 Å². The Morgan fingerprint density at radius 1 is 1.44 bits per heavy atom. The van der Waals surface area contributed by atoms with Gasteiger partial charge in [-0.05, 0) is 30.0 Å². The van der Waals surface area contributed by atoms with E-state index in [-0.39, 0.29) is 17.9 Å². The van der Waals surface area contributed by atoms with E-state index in [1.165, 1.54) is 7.11 Å². The number of aromatic nitrogens is 2. The molecule has 1 N–H and O–H groups in total. The van der Waals surface area contributed by atoms with Crippen molar-refractivity contribution in [1.82, 2.24) is 14.5 Å². The molecular weight excluding hydrogens is 320 g/mol. The molecule has 2 unspecified atom stereocenters. The molecule has 1 aliphatic carbocycles. The van der Waals surface area contributed by atoms with Gasteiger partial charge in [0.15, 0.2) is 0 Å². The number of hydrogen-bond acceptors (Lipinski definition) is 4. The molecule has 2 aliphatic rings. The highest BCUT2D eigenvalue weighted by Gasteiger charge is 2.66. The van der Waals surface area contributed by atoms with Crippen LogP contribution < -0.4 is 5.32 Å². The Morgan fingerprint density at radius 3 is 3.08 bits per heavy atom.